The third kappa shape index (κ3) is 3.81. The van der Waals surface area contributed by atoms with E-state index in [1.165, 1.54) is 0 Å². The maximum absolute atomic E-state index is 14.4. The van der Waals surface area contributed by atoms with Crippen LogP contribution in [0, 0.1) is 5.82 Å². The molecular formula is C15H21FI2. The topological polar surface area (TPSA) is 0 Å². The van der Waals surface area contributed by atoms with Crippen LogP contribution in [0.4, 0.5) is 4.39 Å². The van der Waals surface area contributed by atoms with Crippen LogP contribution < -0.4 is 0 Å². The number of alkyl halides is 2. The molecule has 1 aromatic rings. The average Bonchev–Trinajstić information content (AvgIpc) is 2.12. The first-order valence-corrected chi connectivity index (χ1v) is 8.32. The van der Waals surface area contributed by atoms with Crippen LogP contribution in [0.15, 0.2) is 12.1 Å². The molecule has 0 saturated heterocycles. The Morgan fingerprint density at radius 3 is 1.83 bits per heavy atom. The van der Waals surface area contributed by atoms with E-state index in [1.807, 2.05) is 0 Å². The molecule has 0 atom stereocenters. The number of hydrogen-bond acceptors (Lipinski definition) is 0. The second-order valence-electron chi connectivity index (χ2n) is 6.02. The third-order valence-electron chi connectivity index (χ3n) is 3.03. The van der Waals surface area contributed by atoms with Crippen LogP contribution in [-0.2, 0) is 6.84 Å². The summed E-state index contributed by atoms with van der Waals surface area (Å²) in [4.78, 5) is 0. The molecule has 3 heteroatoms. The monoisotopic (exact) mass is 474 g/mol. The largest absolute Gasteiger partial charge is 0.207 e. The Morgan fingerprint density at radius 1 is 1.00 bits per heavy atom. The van der Waals surface area contributed by atoms with Crippen molar-refractivity contribution in [1.82, 2.24) is 0 Å². The fraction of sp³-hybridized carbons (Fsp3) is 0.600. The Morgan fingerprint density at radius 2 is 1.50 bits per heavy atom. The zero-order chi connectivity index (χ0) is 14.3. The van der Waals surface area contributed by atoms with E-state index in [9.17, 15) is 4.39 Å². The Kier molecular flexibility index (Phi) is 5.13. The van der Waals surface area contributed by atoms with Crippen molar-refractivity contribution in [2.75, 3.05) is 0 Å². The van der Waals surface area contributed by atoms with E-state index >= 15 is 0 Å². The Bertz CT molecular complexity index is 437. The molecule has 0 saturated carbocycles. The van der Waals surface area contributed by atoms with E-state index in [2.05, 4.69) is 92.8 Å². The van der Waals surface area contributed by atoms with Gasteiger partial charge < -0.3 is 0 Å². The molecule has 0 aliphatic carbocycles. The van der Waals surface area contributed by atoms with Crippen LogP contribution in [0.2, 0.25) is 0 Å². The summed E-state index contributed by atoms with van der Waals surface area (Å²) in [7, 11) is 0. The van der Waals surface area contributed by atoms with E-state index in [0.29, 0.717) is 0 Å². The highest BCUT2D eigenvalue weighted by molar-refractivity contribution is 14.1. The molecule has 0 amide bonds. The molecule has 0 nitrogen and oxygen atoms in total. The molecule has 0 N–H and O–H groups in total. The van der Waals surface area contributed by atoms with Gasteiger partial charge in [0.1, 0.15) is 5.82 Å². The summed E-state index contributed by atoms with van der Waals surface area (Å²) < 4.78 is 14.3. The number of halogens is 3. The minimum absolute atomic E-state index is 0.0508. The molecule has 102 valence electrons. The van der Waals surface area contributed by atoms with Crippen molar-refractivity contribution in [2.45, 2.75) is 54.3 Å². The van der Waals surface area contributed by atoms with E-state index in [1.54, 1.807) is 6.07 Å². The van der Waals surface area contributed by atoms with Gasteiger partial charge in [0.2, 0.25) is 0 Å². The Hall–Kier alpha value is 0.610. The van der Waals surface area contributed by atoms with Crippen LogP contribution in [0.1, 0.15) is 64.2 Å². The maximum atomic E-state index is 14.4. The zero-order valence-electron chi connectivity index (χ0n) is 11.9. The summed E-state index contributed by atoms with van der Waals surface area (Å²) in [5, 5.41) is 0. The quantitative estimate of drug-likeness (QED) is 0.357. The molecule has 0 bridgehead atoms. The van der Waals surface area contributed by atoms with Gasteiger partial charge in [-0.1, -0.05) is 65.1 Å². The van der Waals surface area contributed by atoms with E-state index in [4.69, 9.17) is 0 Å². The van der Waals surface area contributed by atoms with Crippen molar-refractivity contribution in [3.8, 4) is 0 Å². The van der Waals surface area contributed by atoms with Crippen molar-refractivity contribution in [2.24, 2.45) is 0 Å². The van der Waals surface area contributed by atoms with Crippen LogP contribution in [0.25, 0.3) is 0 Å². The molecular weight excluding hydrogens is 453 g/mol. The van der Waals surface area contributed by atoms with E-state index in [-0.39, 0.29) is 18.6 Å². The van der Waals surface area contributed by atoms with Gasteiger partial charge in [-0.05, 0) is 56.4 Å². The lowest BCUT2D eigenvalue weighted by molar-refractivity contribution is 0.582. The summed E-state index contributed by atoms with van der Waals surface area (Å²) in [5.74, 6) is 0.146. The lowest BCUT2D eigenvalue weighted by Crippen LogP contribution is -2.17. The van der Waals surface area contributed by atoms with E-state index in [0.717, 1.165) is 16.7 Å². The minimum Gasteiger partial charge on any atom is -0.207 e. The molecule has 0 fully saturated rings. The molecule has 18 heavy (non-hydrogen) atoms. The molecule has 0 aliphatic heterocycles. The van der Waals surface area contributed by atoms with Gasteiger partial charge in [0.05, 0.1) is 0 Å². The SMILES string of the molecule is CC(C)c1c(F)cc(C(C)(C)I)cc1C(C)(C)I. The summed E-state index contributed by atoms with van der Waals surface area (Å²) in [6.07, 6.45) is 0. The summed E-state index contributed by atoms with van der Waals surface area (Å²) in [6, 6.07) is 3.88. The van der Waals surface area contributed by atoms with Gasteiger partial charge in [0.25, 0.3) is 0 Å². The van der Waals surface area contributed by atoms with Gasteiger partial charge >= 0.3 is 0 Å². The minimum atomic E-state index is -0.0630. The smallest absolute Gasteiger partial charge is 0.127 e. The molecule has 0 unspecified atom stereocenters. The van der Waals surface area contributed by atoms with Gasteiger partial charge in [0.15, 0.2) is 0 Å². The maximum Gasteiger partial charge on any atom is 0.127 e. The molecule has 1 rings (SSSR count). The predicted molar refractivity (Wildman–Crippen MR) is 94.6 cm³/mol. The van der Waals surface area contributed by atoms with Crippen LogP contribution in [-0.4, -0.2) is 0 Å². The highest BCUT2D eigenvalue weighted by Crippen LogP contribution is 2.41. The lowest BCUT2D eigenvalue weighted by atomic mass is 9.86. The first-order chi connectivity index (χ1) is 7.94. The zero-order valence-corrected chi connectivity index (χ0v) is 16.2. The molecule has 1 aromatic carbocycles. The van der Waals surface area contributed by atoms with Crippen LogP contribution in [0.3, 0.4) is 0 Å². The fourth-order valence-corrected chi connectivity index (χ4v) is 2.80. The van der Waals surface area contributed by atoms with Gasteiger partial charge in [-0.25, -0.2) is 4.39 Å². The average molecular weight is 474 g/mol. The number of rotatable bonds is 3. The standard InChI is InChI=1S/C15H21FI2/c1-9(2)13-11(15(5,6)18)7-10(8-12(13)16)14(3,4)17/h7-9H,1-6H3. The lowest BCUT2D eigenvalue weighted by Gasteiger charge is -2.27. The summed E-state index contributed by atoms with van der Waals surface area (Å²) >= 11 is 4.76. The molecule has 0 aliphatic rings. The van der Waals surface area contributed by atoms with Gasteiger partial charge in [0, 0.05) is 6.84 Å². The molecule has 0 radical (unpaired) electrons. The van der Waals surface area contributed by atoms with Gasteiger partial charge in [-0.2, -0.15) is 0 Å². The number of benzene rings is 1. The van der Waals surface area contributed by atoms with Crippen molar-refractivity contribution in [1.29, 1.82) is 0 Å². The Balaban J connectivity index is 3.58. The highest BCUT2D eigenvalue weighted by atomic mass is 127. The number of hydrogen-bond donors (Lipinski definition) is 0. The fourth-order valence-electron chi connectivity index (χ4n) is 2.04. The Labute approximate surface area is 137 Å². The predicted octanol–water partition coefficient (Wildman–Crippen LogP) is 6.29. The van der Waals surface area contributed by atoms with Crippen molar-refractivity contribution >= 4 is 45.2 Å². The van der Waals surface area contributed by atoms with E-state index < -0.39 is 0 Å². The van der Waals surface area contributed by atoms with Crippen molar-refractivity contribution in [3.63, 3.8) is 0 Å². The van der Waals surface area contributed by atoms with Gasteiger partial charge in [-0.15, -0.1) is 0 Å². The van der Waals surface area contributed by atoms with Gasteiger partial charge in [-0.3, -0.25) is 0 Å². The van der Waals surface area contributed by atoms with Crippen LogP contribution >= 0.6 is 45.2 Å². The van der Waals surface area contributed by atoms with Crippen LogP contribution in [0.5, 0.6) is 0 Å². The molecule has 0 heterocycles. The van der Waals surface area contributed by atoms with Crippen molar-refractivity contribution in [3.05, 3.63) is 34.6 Å². The highest BCUT2D eigenvalue weighted by Gasteiger charge is 2.27. The first kappa shape index (κ1) is 16.7. The third-order valence-corrected chi connectivity index (χ3v) is 4.24. The first-order valence-electron chi connectivity index (χ1n) is 6.17. The summed E-state index contributed by atoms with van der Waals surface area (Å²) in [5.41, 5.74) is 3.04. The summed E-state index contributed by atoms with van der Waals surface area (Å²) in [6.45, 7) is 12.6. The molecule has 0 aromatic heterocycles. The normalized spacial score (nSPS) is 13.2. The molecule has 0 spiro atoms. The van der Waals surface area contributed by atoms with Crippen molar-refractivity contribution < 1.29 is 4.39 Å². The second-order valence-corrected chi connectivity index (χ2v) is 11.4. The second kappa shape index (κ2) is 5.54.